The molecule has 0 aliphatic carbocycles. The number of para-hydroxylation sites is 1. The van der Waals surface area contributed by atoms with Crippen LogP contribution in [0.2, 0.25) is 0 Å². The molecular formula is C16H21FN2O. The summed E-state index contributed by atoms with van der Waals surface area (Å²) in [5, 5.41) is 3.11. The van der Waals surface area contributed by atoms with Crippen LogP contribution in [0.1, 0.15) is 24.0 Å². The molecule has 1 N–H and O–H groups in total. The molecule has 1 aromatic carbocycles. The van der Waals surface area contributed by atoms with Crippen molar-refractivity contribution < 1.29 is 8.81 Å². The highest BCUT2D eigenvalue weighted by atomic mass is 19.1. The van der Waals surface area contributed by atoms with Crippen LogP contribution >= 0.6 is 0 Å². The Labute approximate surface area is 119 Å². The SMILES string of the molecule is CCN(Cc1cc(CNC)c(C)o1)c1ccccc1F. The zero-order valence-electron chi connectivity index (χ0n) is 12.2. The van der Waals surface area contributed by atoms with Gasteiger partial charge in [0.25, 0.3) is 0 Å². The van der Waals surface area contributed by atoms with E-state index in [0.29, 0.717) is 12.2 Å². The second-order valence-corrected chi connectivity index (χ2v) is 4.79. The van der Waals surface area contributed by atoms with Crippen molar-refractivity contribution in [2.24, 2.45) is 0 Å². The molecule has 0 radical (unpaired) electrons. The number of benzene rings is 1. The highest BCUT2D eigenvalue weighted by molar-refractivity contribution is 5.47. The lowest BCUT2D eigenvalue weighted by Crippen LogP contribution is -2.22. The summed E-state index contributed by atoms with van der Waals surface area (Å²) in [6.45, 7) is 6.04. The van der Waals surface area contributed by atoms with Gasteiger partial charge in [-0.25, -0.2) is 4.39 Å². The molecule has 0 aliphatic rings. The minimum absolute atomic E-state index is 0.201. The summed E-state index contributed by atoms with van der Waals surface area (Å²) < 4.78 is 19.6. The molecule has 0 unspecified atom stereocenters. The second-order valence-electron chi connectivity index (χ2n) is 4.79. The van der Waals surface area contributed by atoms with E-state index in [2.05, 4.69) is 5.32 Å². The van der Waals surface area contributed by atoms with Gasteiger partial charge in [0.2, 0.25) is 0 Å². The van der Waals surface area contributed by atoms with Gasteiger partial charge in [0, 0.05) is 18.7 Å². The lowest BCUT2D eigenvalue weighted by atomic mass is 10.2. The molecule has 20 heavy (non-hydrogen) atoms. The predicted octanol–water partition coefficient (Wildman–Crippen LogP) is 3.47. The molecule has 0 saturated carbocycles. The summed E-state index contributed by atoms with van der Waals surface area (Å²) in [7, 11) is 1.91. The first kappa shape index (κ1) is 14.6. The lowest BCUT2D eigenvalue weighted by Gasteiger charge is -2.22. The van der Waals surface area contributed by atoms with E-state index in [1.807, 2.05) is 37.9 Å². The summed E-state index contributed by atoms with van der Waals surface area (Å²) in [5.41, 5.74) is 1.76. The van der Waals surface area contributed by atoms with E-state index in [0.717, 1.165) is 30.2 Å². The van der Waals surface area contributed by atoms with Gasteiger partial charge in [-0.3, -0.25) is 0 Å². The Morgan fingerprint density at radius 1 is 1.30 bits per heavy atom. The fourth-order valence-corrected chi connectivity index (χ4v) is 2.30. The van der Waals surface area contributed by atoms with E-state index < -0.39 is 0 Å². The summed E-state index contributed by atoms with van der Waals surface area (Å²) in [5.74, 6) is 1.57. The zero-order chi connectivity index (χ0) is 14.5. The Hall–Kier alpha value is -1.81. The van der Waals surface area contributed by atoms with Gasteiger partial charge >= 0.3 is 0 Å². The number of furan rings is 1. The molecule has 2 aromatic rings. The van der Waals surface area contributed by atoms with E-state index in [1.165, 1.54) is 6.07 Å². The summed E-state index contributed by atoms with van der Waals surface area (Å²) in [6, 6.07) is 8.87. The standard InChI is InChI=1S/C16H21FN2O/c1-4-19(16-8-6-5-7-15(16)17)11-14-9-13(10-18-3)12(2)20-14/h5-9,18H,4,10-11H2,1-3H3. The normalized spacial score (nSPS) is 10.8. The molecular weight excluding hydrogens is 255 g/mol. The average molecular weight is 276 g/mol. The molecule has 2 rings (SSSR count). The first-order valence-corrected chi connectivity index (χ1v) is 6.88. The Kier molecular flexibility index (Phi) is 4.79. The second kappa shape index (κ2) is 6.57. The molecule has 0 aliphatic heterocycles. The van der Waals surface area contributed by atoms with Crippen LogP contribution in [0.3, 0.4) is 0 Å². The van der Waals surface area contributed by atoms with Gasteiger partial charge in [-0.2, -0.15) is 0 Å². The van der Waals surface area contributed by atoms with Crippen LogP contribution in [0.15, 0.2) is 34.7 Å². The van der Waals surface area contributed by atoms with Crippen LogP contribution in [0.25, 0.3) is 0 Å². The van der Waals surface area contributed by atoms with E-state index in [-0.39, 0.29) is 5.82 Å². The van der Waals surface area contributed by atoms with Crippen LogP contribution in [0, 0.1) is 12.7 Å². The first-order valence-electron chi connectivity index (χ1n) is 6.88. The van der Waals surface area contributed by atoms with Crippen molar-refractivity contribution in [1.82, 2.24) is 5.32 Å². The number of rotatable bonds is 6. The summed E-state index contributed by atoms with van der Waals surface area (Å²) in [6.07, 6.45) is 0. The van der Waals surface area contributed by atoms with E-state index in [1.54, 1.807) is 12.1 Å². The molecule has 0 fully saturated rings. The highest BCUT2D eigenvalue weighted by Gasteiger charge is 2.13. The molecule has 1 heterocycles. The fourth-order valence-electron chi connectivity index (χ4n) is 2.30. The Morgan fingerprint density at radius 3 is 2.70 bits per heavy atom. The predicted molar refractivity (Wildman–Crippen MR) is 79.3 cm³/mol. The molecule has 0 saturated heterocycles. The van der Waals surface area contributed by atoms with Crippen molar-refractivity contribution in [3.05, 3.63) is 53.2 Å². The van der Waals surface area contributed by atoms with Gasteiger partial charge in [0.05, 0.1) is 12.2 Å². The highest BCUT2D eigenvalue weighted by Crippen LogP contribution is 2.22. The maximum absolute atomic E-state index is 13.9. The van der Waals surface area contributed by atoms with Crippen molar-refractivity contribution in [2.45, 2.75) is 26.9 Å². The van der Waals surface area contributed by atoms with Gasteiger partial charge in [-0.1, -0.05) is 12.1 Å². The van der Waals surface area contributed by atoms with Crippen LogP contribution in [0.5, 0.6) is 0 Å². The van der Waals surface area contributed by atoms with Gasteiger partial charge in [-0.15, -0.1) is 0 Å². The Morgan fingerprint density at radius 2 is 2.05 bits per heavy atom. The first-order chi connectivity index (χ1) is 9.65. The van der Waals surface area contributed by atoms with E-state index in [4.69, 9.17) is 4.42 Å². The number of nitrogens with zero attached hydrogens (tertiary/aromatic N) is 1. The molecule has 0 bridgehead atoms. The van der Waals surface area contributed by atoms with Crippen LogP contribution < -0.4 is 10.2 Å². The smallest absolute Gasteiger partial charge is 0.146 e. The zero-order valence-corrected chi connectivity index (χ0v) is 12.2. The molecule has 0 atom stereocenters. The Balaban J connectivity index is 2.18. The van der Waals surface area contributed by atoms with Crippen LogP contribution in [0.4, 0.5) is 10.1 Å². The van der Waals surface area contributed by atoms with Gasteiger partial charge < -0.3 is 14.6 Å². The van der Waals surface area contributed by atoms with Crippen molar-refractivity contribution >= 4 is 5.69 Å². The lowest BCUT2D eigenvalue weighted by molar-refractivity contribution is 0.474. The van der Waals surface area contributed by atoms with Gasteiger partial charge in [-0.05, 0) is 39.1 Å². The van der Waals surface area contributed by atoms with Gasteiger partial charge in [0.15, 0.2) is 0 Å². The molecule has 0 amide bonds. The molecule has 3 nitrogen and oxygen atoms in total. The number of hydrogen-bond acceptors (Lipinski definition) is 3. The number of halogens is 1. The minimum Gasteiger partial charge on any atom is -0.464 e. The monoisotopic (exact) mass is 276 g/mol. The fraction of sp³-hybridized carbons (Fsp3) is 0.375. The molecule has 1 aromatic heterocycles. The molecule has 4 heteroatoms. The maximum atomic E-state index is 13.9. The third kappa shape index (κ3) is 3.20. The number of aryl methyl sites for hydroxylation is 1. The largest absolute Gasteiger partial charge is 0.464 e. The van der Waals surface area contributed by atoms with E-state index >= 15 is 0 Å². The topological polar surface area (TPSA) is 28.4 Å². The van der Waals surface area contributed by atoms with Crippen LogP contribution in [-0.4, -0.2) is 13.6 Å². The Bertz CT molecular complexity index is 565. The van der Waals surface area contributed by atoms with E-state index in [9.17, 15) is 4.39 Å². The van der Waals surface area contributed by atoms with Crippen molar-refractivity contribution in [3.63, 3.8) is 0 Å². The van der Waals surface area contributed by atoms with Crippen molar-refractivity contribution in [1.29, 1.82) is 0 Å². The van der Waals surface area contributed by atoms with Crippen LogP contribution in [-0.2, 0) is 13.1 Å². The third-order valence-corrected chi connectivity index (χ3v) is 3.36. The summed E-state index contributed by atoms with van der Waals surface area (Å²) in [4.78, 5) is 1.97. The number of anilines is 1. The molecule has 0 spiro atoms. The quantitative estimate of drug-likeness (QED) is 0.875. The number of nitrogens with one attached hydrogen (secondary N) is 1. The van der Waals surface area contributed by atoms with Gasteiger partial charge in [0.1, 0.15) is 17.3 Å². The third-order valence-electron chi connectivity index (χ3n) is 3.36. The number of hydrogen-bond donors (Lipinski definition) is 1. The minimum atomic E-state index is -0.201. The van der Waals surface area contributed by atoms with Crippen molar-refractivity contribution in [3.8, 4) is 0 Å². The summed E-state index contributed by atoms with van der Waals surface area (Å²) >= 11 is 0. The van der Waals surface area contributed by atoms with Crippen molar-refractivity contribution in [2.75, 3.05) is 18.5 Å². The molecule has 108 valence electrons. The average Bonchev–Trinajstić information content (AvgIpc) is 2.78. The maximum Gasteiger partial charge on any atom is 0.146 e.